The molecule has 0 fully saturated rings. The number of nitrogens with one attached hydrogen (secondary N) is 1. The molecule has 0 aliphatic carbocycles. The Balaban J connectivity index is 0.000000398. The van der Waals surface area contributed by atoms with Gasteiger partial charge in [-0.15, -0.1) is 0 Å². The van der Waals surface area contributed by atoms with Crippen LogP contribution in [0.2, 0.25) is 15.2 Å². The molecule has 129 heavy (non-hydrogen) atoms. The highest BCUT2D eigenvalue weighted by Gasteiger charge is 2.61. The summed E-state index contributed by atoms with van der Waals surface area (Å²) in [5.41, 5.74) is 2.49. The number of nitro groups is 1. The van der Waals surface area contributed by atoms with Gasteiger partial charge < -0.3 is 78.0 Å². The van der Waals surface area contributed by atoms with Crippen molar-refractivity contribution in [1.82, 2.24) is 4.98 Å². The summed E-state index contributed by atoms with van der Waals surface area (Å²) >= 11 is 18.1. The van der Waals surface area contributed by atoms with Crippen LogP contribution in [0.4, 0.5) is 34.1 Å². The minimum Gasteiger partial charge on any atom is -0.493 e. The average Bonchev–Trinajstić information content (AvgIpc) is 1.24. The zero-order chi connectivity index (χ0) is 96.9. The normalized spacial score (nSPS) is 15.0. The van der Waals surface area contributed by atoms with Gasteiger partial charge >= 0.3 is 47.4 Å². The van der Waals surface area contributed by atoms with Gasteiger partial charge in [-0.05, 0) is 96.8 Å². The molecule has 8 aromatic carbocycles. The summed E-state index contributed by atoms with van der Waals surface area (Å²) in [5.74, 6) is -7.08. The van der Waals surface area contributed by atoms with E-state index in [1.165, 1.54) is 134 Å². The zero-order valence-electron chi connectivity index (χ0n) is 69.2. The van der Waals surface area contributed by atoms with Crippen molar-refractivity contribution < 1.29 is 151 Å². The number of halogens is 7. The molecule has 0 saturated carbocycles. The molecule has 2 aromatic heterocycles. The maximum absolute atomic E-state index is 14.2. The van der Waals surface area contributed by atoms with E-state index in [4.69, 9.17) is 63.7 Å². The second-order valence-electron chi connectivity index (χ2n) is 27.5. The monoisotopic (exact) mass is 2060 g/mol. The van der Waals surface area contributed by atoms with Crippen LogP contribution < -0.4 is 50.6 Å². The number of nitro benzene ring substituents is 1. The Bertz CT molecular complexity index is 5720. The van der Waals surface area contributed by atoms with Crippen LogP contribution in [0, 0.1) is 17.0 Å². The predicted molar refractivity (Wildman–Crippen MR) is 498 cm³/mol. The van der Waals surface area contributed by atoms with E-state index in [9.17, 15) is 118 Å². The molecule has 0 aliphatic heterocycles. The van der Waals surface area contributed by atoms with Crippen LogP contribution in [0.15, 0.2) is 242 Å². The van der Waals surface area contributed by atoms with Crippen molar-refractivity contribution in [2.75, 3.05) is 58.5 Å². The fourth-order valence-electron chi connectivity index (χ4n) is 10.1. The van der Waals surface area contributed by atoms with E-state index in [1.54, 1.807) is 89.7 Å². The molecule has 0 saturated heterocycles. The molecule has 0 bridgehead atoms. The Morgan fingerprint density at radius 3 is 1.43 bits per heavy atom. The summed E-state index contributed by atoms with van der Waals surface area (Å²) in [6.07, 6.45) is 0.838. The topological polar surface area (TPSA) is 525 Å². The van der Waals surface area contributed by atoms with Crippen molar-refractivity contribution in [3.63, 3.8) is 0 Å². The van der Waals surface area contributed by atoms with E-state index in [-0.39, 0.29) is 98.6 Å². The summed E-state index contributed by atoms with van der Waals surface area (Å²) in [7, 11) is -36.3. The number of thiazole rings is 1. The van der Waals surface area contributed by atoms with Crippen LogP contribution >= 0.6 is 113 Å². The zero-order valence-corrected chi connectivity index (χ0v) is 80.3. The van der Waals surface area contributed by atoms with Gasteiger partial charge in [0, 0.05) is 87.9 Å². The molecule has 32 nitrogen and oxygen atoms in total. The van der Waals surface area contributed by atoms with Crippen molar-refractivity contribution in [2.45, 2.75) is 77.0 Å². The first-order chi connectivity index (χ1) is 59.0. The fourth-order valence-corrected chi connectivity index (χ4v) is 20.9. The minimum absolute atomic E-state index is 0. The number of alkyl halides is 4. The highest BCUT2D eigenvalue weighted by molar-refractivity contribution is 7.74. The molecule has 0 radical (unpaired) electrons. The van der Waals surface area contributed by atoms with Crippen molar-refractivity contribution in [2.24, 2.45) is 0 Å². The lowest BCUT2D eigenvalue weighted by molar-refractivity contribution is -0.686. The van der Waals surface area contributed by atoms with Gasteiger partial charge in [-0.25, -0.2) is 23.6 Å². The van der Waals surface area contributed by atoms with Gasteiger partial charge in [0.1, 0.15) is 44.4 Å². The van der Waals surface area contributed by atoms with Crippen LogP contribution in [0.3, 0.4) is 0 Å². The van der Waals surface area contributed by atoms with Crippen molar-refractivity contribution in [3.8, 4) is 17.2 Å². The Hall–Kier alpha value is -7.28. The maximum Gasteiger partial charge on any atom is 0.367 e. The number of ether oxygens (including phenoxy) is 3. The van der Waals surface area contributed by atoms with E-state index >= 15 is 0 Å². The van der Waals surface area contributed by atoms with Gasteiger partial charge in [-0.3, -0.25) is 55.7 Å². The molecule has 0 aliphatic rings. The fraction of sp³-hybridized carbons (Fsp3) is 0.250. The molecule has 10 aromatic rings. The minimum atomic E-state index is -5.29. The predicted octanol–water partition coefficient (Wildman–Crippen LogP) is 18.1. The number of pyridine rings is 1. The van der Waals surface area contributed by atoms with Gasteiger partial charge in [0.05, 0.1) is 57.2 Å². The lowest BCUT2D eigenvalue weighted by Gasteiger charge is -2.32. The Labute approximate surface area is 761 Å². The molecule has 0 amide bonds. The molecular weight excluding hydrogens is 1960 g/mol. The van der Waals surface area contributed by atoms with E-state index in [1.807, 2.05) is 55.5 Å². The number of aromatic nitrogens is 2. The molecule has 14 N–H and O–H groups in total. The summed E-state index contributed by atoms with van der Waals surface area (Å²) in [4.78, 5) is 126. The lowest BCUT2D eigenvalue weighted by Crippen LogP contribution is -2.44. The van der Waals surface area contributed by atoms with Crippen LogP contribution in [0.5, 0.6) is 17.2 Å². The number of aryl methyl sites for hydroxylation is 1. The number of benzene rings is 8. The first-order valence-corrected chi connectivity index (χ1v) is 56.0. The van der Waals surface area contributed by atoms with E-state index in [0.717, 1.165) is 36.3 Å². The summed E-state index contributed by atoms with van der Waals surface area (Å²) in [6.45, 7) is 13.7. The maximum atomic E-state index is 14.2. The third kappa shape index (κ3) is 38.0. The number of hydrogen-bond donors (Lipinski definition) is 14. The number of aliphatic hydroxyl groups is 1. The third-order valence-corrected chi connectivity index (χ3v) is 31.6. The molecule has 8 atom stereocenters. The molecule has 10 rings (SSSR count). The number of non-ortho nitro benzene ring substituents is 1. The second kappa shape index (κ2) is 50.7. The lowest BCUT2D eigenvalue weighted by atomic mass is 9.99. The second-order valence-corrected chi connectivity index (χ2v) is 48.1. The summed E-state index contributed by atoms with van der Waals surface area (Å²) in [5, 5.41) is 23.2. The molecule has 8 unspecified atom stereocenters. The van der Waals surface area contributed by atoms with Crippen molar-refractivity contribution in [1.29, 1.82) is 0 Å². The third-order valence-electron chi connectivity index (χ3n) is 16.7. The number of nitrogens with zero attached hydrogens (tertiary/aromatic N) is 3. The number of para-hydroxylation sites is 3. The molecule has 706 valence electrons. The van der Waals surface area contributed by atoms with Crippen LogP contribution in [0.1, 0.15) is 69.0 Å². The molecular formula is C80H99Cl3F4N4O28P9S+. The van der Waals surface area contributed by atoms with Crippen LogP contribution in [-0.2, 0) is 52.2 Å². The summed E-state index contributed by atoms with van der Waals surface area (Å²) < 4.78 is 181. The Morgan fingerprint density at radius 2 is 1.03 bits per heavy atom. The molecule has 2 heterocycles. The van der Waals surface area contributed by atoms with E-state index in [2.05, 4.69) is 21.4 Å². The van der Waals surface area contributed by atoms with Crippen LogP contribution in [-0.4, -0.2) is 144 Å². The summed E-state index contributed by atoms with van der Waals surface area (Å²) in [6, 6.07) is 56.0. The first-order valence-electron chi connectivity index (χ1n) is 36.9. The average molecular weight is 2060 g/mol. The standard InChI is InChI=1S/C16H15F4O3P.C16H20O7P2.C14H19N3O8P2S.C9H13O4P.2C9H11O2P.C6H5Cl3NO2P.CH4/c1-15(17,18)16(19,20)14(12-8-4-2-5-9-12)23-24(21,22)13-10-6-3-7-11-13;1-24(17,18)15-9-4-2-7-13(15)22-11-6-12-23-14-8-3-5-10-16(14)25(19,20)21;1-10-9-28-13(15-11-3-5-12(6-4-11)17(19)20)16(10)8-7-14(18,26(2,21)22)27(23,24)25;1-2-7-13-8-5-3-4-6-9(8)14(10,11)12;1-8(12(2,10)11)9-6-4-3-5-7-9;1-12(10,11)8-7-9-5-3-2-4-6-9;1-13(11,12)5-3(7)2-10-6(9)4(5)8;/h2-11,14H,1H3,(H,21,22);2-5,7-10H,6,11-12H2,1H3,(H,17,18)(H2,19,20,21);3-6,9,18H,7-8H2,1-2H3,(H3,21,22,23,24,25);3-6H,2,7H2,1H3,(H2,10,11,12);3-7H,1H2,2H3,(H,10,11);2-8H,1H3,(H,10,11);2H,1H3,(H,11,12);1H4/p+1/b;;;;;8-7+;;. The SMILES string of the molecule is C.C=C(c1ccccc1)P(C)(=O)O.CC(F)(F)C(F)(F)C(OP(=O)(O)c1ccccc1)c1ccccc1.CCCOc1ccccc1P(=O)(O)O.CP(=O)(O)/C=C/c1ccccc1.CP(=O)(O)c1c(Cl)cnc(Cl)c1Cl.CP(=O)(O)c1ccccc1OCCCOc1ccccc1P(=O)(O)O.Cc1csc(Nc2ccc([N+](=O)[O-])cc2)[n+]1CCC(O)(P(C)(=O)O)P(=O)(O)O. The van der Waals surface area contributed by atoms with E-state index < -0.39 is 102 Å². The number of rotatable bonds is 31. The van der Waals surface area contributed by atoms with E-state index in [0.29, 0.717) is 47.3 Å². The van der Waals surface area contributed by atoms with Crippen molar-refractivity contribution in [3.05, 3.63) is 290 Å². The largest absolute Gasteiger partial charge is 0.493 e. The Morgan fingerprint density at radius 1 is 0.605 bits per heavy atom. The van der Waals surface area contributed by atoms with Gasteiger partial charge in [0.25, 0.3) is 5.69 Å². The van der Waals surface area contributed by atoms with Crippen molar-refractivity contribution >= 4 is 168 Å². The highest BCUT2D eigenvalue weighted by Crippen LogP contribution is 2.69. The molecule has 0 spiro atoms. The quantitative estimate of drug-likeness (QED) is 0.00365. The highest BCUT2D eigenvalue weighted by atomic mass is 35.5. The van der Waals surface area contributed by atoms with Gasteiger partial charge in [-0.2, -0.15) is 8.78 Å². The van der Waals surface area contributed by atoms with Crippen LogP contribution in [0.25, 0.3) is 11.4 Å². The number of hydrogen-bond acceptors (Lipinski definition) is 19. The van der Waals surface area contributed by atoms with Gasteiger partial charge in [-0.1, -0.05) is 213 Å². The molecule has 49 heteroatoms. The Kier molecular flexibility index (Phi) is 45.6. The number of anilines is 2. The van der Waals surface area contributed by atoms with Gasteiger partial charge in [0.15, 0.2) is 6.10 Å². The smallest absolute Gasteiger partial charge is 0.367 e. The first kappa shape index (κ1) is 116. The van der Waals surface area contributed by atoms with Gasteiger partial charge in [0.2, 0.25) is 41.9 Å².